The molecule has 0 aliphatic carbocycles. The van der Waals surface area contributed by atoms with E-state index >= 15 is 0 Å². The van der Waals surface area contributed by atoms with E-state index < -0.39 is 11.7 Å². The first-order valence-electron chi connectivity index (χ1n) is 6.82. The number of halogens is 1. The van der Waals surface area contributed by atoms with Crippen molar-refractivity contribution < 1.29 is 13.9 Å². The third-order valence-corrected chi connectivity index (χ3v) is 4.05. The molecular weight excluding hydrogens is 257 g/mol. The number of fused-ring (bicyclic) bond motifs is 1. The molecule has 2 rings (SSSR count). The topological polar surface area (TPSA) is 30.5 Å². The molecule has 0 bridgehead atoms. The van der Waals surface area contributed by atoms with Gasteiger partial charge in [-0.05, 0) is 32.4 Å². The maximum atomic E-state index is 14.7. The van der Waals surface area contributed by atoms with E-state index in [-0.39, 0.29) is 5.76 Å². The van der Waals surface area contributed by atoms with E-state index in [1.54, 1.807) is 6.92 Å². The zero-order chi connectivity index (χ0) is 14.9. The number of hydrogen-bond donors (Lipinski definition) is 1. The average molecular weight is 279 g/mol. The summed E-state index contributed by atoms with van der Waals surface area (Å²) in [4.78, 5) is 0. The second-order valence-electron chi connectivity index (χ2n) is 5.40. The summed E-state index contributed by atoms with van der Waals surface area (Å²) in [5, 5.41) is 3.27. The van der Waals surface area contributed by atoms with E-state index in [0.717, 1.165) is 29.0 Å². The number of alkyl halides is 1. The van der Waals surface area contributed by atoms with Crippen molar-refractivity contribution >= 4 is 5.69 Å². The van der Waals surface area contributed by atoms with Crippen molar-refractivity contribution in [1.82, 2.24) is 0 Å². The first-order chi connectivity index (χ1) is 9.37. The number of anilines is 1. The van der Waals surface area contributed by atoms with Gasteiger partial charge in [-0.15, -0.1) is 0 Å². The van der Waals surface area contributed by atoms with Crippen LogP contribution in [0.5, 0.6) is 5.75 Å². The Balaban J connectivity index is 2.27. The summed E-state index contributed by atoms with van der Waals surface area (Å²) in [5.41, 5.74) is 1.51. The Morgan fingerprint density at radius 1 is 1.55 bits per heavy atom. The Morgan fingerprint density at radius 2 is 2.25 bits per heavy atom. The molecular formula is C16H22FNO2. The minimum Gasteiger partial charge on any atom is -0.498 e. The van der Waals surface area contributed by atoms with Crippen molar-refractivity contribution in [3.8, 4) is 5.75 Å². The van der Waals surface area contributed by atoms with E-state index in [4.69, 9.17) is 9.47 Å². The SMILES string of the molecule is C=C(OC)C(C)(F)[C@H](C)Nc1c(C)ccc2c1CCO2. The molecule has 0 saturated carbocycles. The molecule has 4 heteroatoms. The number of methoxy groups -OCH3 is 1. The van der Waals surface area contributed by atoms with Gasteiger partial charge < -0.3 is 14.8 Å². The van der Waals surface area contributed by atoms with Crippen LogP contribution in [-0.4, -0.2) is 25.4 Å². The van der Waals surface area contributed by atoms with Crippen molar-refractivity contribution in [2.45, 2.75) is 38.9 Å². The van der Waals surface area contributed by atoms with Crippen LogP contribution in [0.3, 0.4) is 0 Å². The van der Waals surface area contributed by atoms with Crippen LogP contribution in [-0.2, 0) is 11.2 Å². The van der Waals surface area contributed by atoms with Gasteiger partial charge in [0.1, 0.15) is 11.5 Å². The molecule has 1 N–H and O–H groups in total. The third kappa shape index (κ3) is 2.47. The molecule has 0 amide bonds. The molecule has 1 aromatic carbocycles. The van der Waals surface area contributed by atoms with E-state index in [1.807, 2.05) is 19.1 Å². The largest absolute Gasteiger partial charge is 0.498 e. The van der Waals surface area contributed by atoms with Gasteiger partial charge in [0.15, 0.2) is 5.67 Å². The standard InChI is InChI=1S/C16H22FNO2/c1-10-6-7-14-13(8-9-20-14)15(10)18-11(2)16(4,17)12(3)19-5/h6-7,11,18H,3,8-9H2,1-2,4-5H3/t11-,16?/m0/s1. The van der Waals surface area contributed by atoms with Crippen LogP contribution in [0.2, 0.25) is 0 Å². The Bertz CT molecular complexity index is 525. The van der Waals surface area contributed by atoms with Crippen molar-refractivity contribution in [3.05, 3.63) is 35.6 Å². The van der Waals surface area contributed by atoms with Crippen molar-refractivity contribution in [2.75, 3.05) is 19.0 Å². The molecule has 20 heavy (non-hydrogen) atoms. The summed E-state index contributed by atoms with van der Waals surface area (Å²) in [6.45, 7) is 9.60. The second kappa shape index (κ2) is 5.35. The van der Waals surface area contributed by atoms with Crippen LogP contribution in [0.4, 0.5) is 10.1 Å². The van der Waals surface area contributed by atoms with E-state index in [1.165, 1.54) is 14.0 Å². The normalized spacial score (nSPS) is 17.6. The molecule has 1 aromatic rings. The molecule has 1 unspecified atom stereocenters. The first-order valence-corrected chi connectivity index (χ1v) is 6.82. The molecule has 0 aromatic heterocycles. The third-order valence-electron chi connectivity index (χ3n) is 4.05. The highest BCUT2D eigenvalue weighted by molar-refractivity contribution is 5.64. The van der Waals surface area contributed by atoms with Crippen molar-refractivity contribution in [2.24, 2.45) is 0 Å². The summed E-state index contributed by atoms with van der Waals surface area (Å²) in [5.74, 6) is 1.01. The molecule has 0 fully saturated rings. The highest BCUT2D eigenvalue weighted by Gasteiger charge is 2.36. The van der Waals surface area contributed by atoms with Crippen LogP contribution in [0.15, 0.2) is 24.5 Å². The van der Waals surface area contributed by atoms with Crippen LogP contribution in [0.1, 0.15) is 25.0 Å². The zero-order valence-electron chi connectivity index (χ0n) is 12.5. The van der Waals surface area contributed by atoms with E-state index in [0.29, 0.717) is 6.61 Å². The van der Waals surface area contributed by atoms with Crippen LogP contribution < -0.4 is 10.1 Å². The minimum absolute atomic E-state index is 0.124. The lowest BCUT2D eigenvalue weighted by molar-refractivity contribution is 0.115. The van der Waals surface area contributed by atoms with Gasteiger partial charge >= 0.3 is 0 Å². The summed E-state index contributed by atoms with van der Waals surface area (Å²) in [6.07, 6.45) is 0.848. The number of benzene rings is 1. The highest BCUT2D eigenvalue weighted by atomic mass is 19.1. The maximum absolute atomic E-state index is 14.7. The highest BCUT2D eigenvalue weighted by Crippen LogP contribution is 2.36. The van der Waals surface area contributed by atoms with Crippen molar-refractivity contribution in [3.63, 3.8) is 0 Å². The molecule has 0 radical (unpaired) electrons. The van der Waals surface area contributed by atoms with Gasteiger partial charge in [-0.1, -0.05) is 12.6 Å². The van der Waals surface area contributed by atoms with E-state index in [9.17, 15) is 4.39 Å². The number of rotatable bonds is 5. The Labute approximate surface area is 119 Å². The number of hydrogen-bond acceptors (Lipinski definition) is 3. The second-order valence-corrected chi connectivity index (χ2v) is 5.40. The van der Waals surface area contributed by atoms with Gasteiger partial charge in [0.05, 0.1) is 19.8 Å². The molecule has 1 aliphatic heterocycles. The molecule has 110 valence electrons. The predicted molar refractivity (Wildman–Crippen MR) is 79.1 cm³/mol. The molecule has 1 aliphatic rings. The molecule has 3 nitrogen and oxygen atoms in total. The van der Waals surface area contributed by atoms with Gasteiger partial charge in [0.25, 0.3) is 0 Å². The smallest absolute Gasteiger partial charge is 0.183 e. The zero-order valence-corrected chi connectivity index (χ0v) is 12.5. The molecule has 0 spiro atoms. The lowest BCUT2D eigenvalue weighted by Gasteiger charge is -2.31. The van der Waals surface area contributed by atoms with Crippen molar-refractivity contribution in [1.29, 1.82) is 0 Å². The number of aryl methyl sites for hydroxylation is 1. The lowest BCUT2D eigenvalue weighted by atomic mass is 9.96. The molecule has 1 heterocycles. The van der Waals surface area contributed by atoms with Crippen LogP contribution in [0, 0.1) is 6.92 Å². The molecule has 0 saturated heterocycles. The summed E-state index contributed by atoms with van der Waals surface area (Å²) < 4.78 is 25.2. The number of ether oxygens (including phenoxy) is 2. The minimum atomic E-state index is -1.65. The fourth-order valence-electron chi connectivity index (χ4n) is 2.39. The lowest BCUT2D eigenvalue weighted by Crippen LogP contribution is -2.40. The van der Waals surface area contributed by atoms with Gasteiger partial charge in [-0.2, -0.15) is 0 Å². The fraction of sp³-hybridized carbons (Fsp3) is 0.500. The first kappa shape index (κ1) is 14.7. The summed E-state index contributed by atoms with van der Waals surface area (Å²) in [6, 6.07) is 3.50. The van der Waals surface area contributed by atoms with E-state index in [2.05, 4.69) is 11.9 Å². The number of nitrogens with one attached hydrogen (secondary N) is 1. The average Bonchev–Trinajstić information content (AvgIpc) is 2.89. The summed E-state index contributed by atoms with van der Waals surface area (Å²) in [7, 11) is 1.44. The monoisotopic (exact) mass is 279 g/mol. The quantitative estimate of drug-likeness (QED) is 0.835. The van der Waals surface area contributed by atoms with Gasteiger partial charge in [-0.25, -0.2) is 4.39 Å². The molecule has 2 atom stereocenters. The van der Waals surface area contributed by atoms with Gasteiger partial charge in [0, 0.05) is 17.7 Å². The van der Waals surface area contributed by atoms with Gasteiger partial charge in [0.2, 0.25) is 0 Å². The maximum Gasteiger partial charge on any atom is 0.183 e. The van der Waals surface area contributed by atoms with Crippen LogP contribution in [0.25, 0.3) is 0 Å². The Kier molecular flexibility index (Phi) is 3.93. The fourth-order valence-corrected chi connectivity index (χ4v) is 2.39. The Morgan fingerprint density at radius 3 is 2.90 bits per heavy atom. The predicted octanol–water partition coefficient (Wildman–Crippen LogP) is 3.62. The Hall–Kier alpha value is -1.71. The van der Waals surface area contributed by atoms with Crippen LogP contribution >= 0.6 is 0 Å². The van der Waals surface area contributed by atoms with Gasteiger partial charge in [-0.3, -0.25) is 0 Å². The summed E-state index contributed by atoms with van der Waals surface area (Å²) >= 11 is 0.